The van der Waals surface area contributed by atoms with Gasteiger partial charge in [-0.05, 0) is 50.5 Å². The van der Waals surface area contributed by atoms with Crippen LogP contribution in [0.1, 0.15) is 38.3 Å². The highest BCUT2D eigenvalue weighted by Gasteiger charge is 2.22. The van der Waals surface area contributed by atoms with Crippen LogP contribution in [0.4, 0.5) is 0 Å². The minimum Gasteiger partial charge on any atom is -0.492 e. The quantitative estimate of drug-likeness (QED) is 0.874. The maximum absolute atomic E-state index is 6.23. The van der Waals surface area contributed by atoms with Crippen LogP contribution in [-0.2, 0) is 5.54 Å². The molecule has 16 heavy (non-hydrogen) atoms. The van der Waals surface area contributed by atoms with Gasteiger partial charge < -0.3 is 10.5 Å². The van der Waals surface area contributed by atoms with E-state index in [2.05, 4.69) is 6.92 Å². The predicted octanol–water partition coefficient (Wildman–Crippen LogP) is 3.63. The van der Waals surface area contributed by atoms with E-state index in [1.165, 1.54) is 0 Å². The van der Waals surface area contributed by atoms with Gasteiger partial charge in [0.1, 0.15) is 5.75 Å². The first-order chi connectivity index (χ1) is 7.42. The monoisotopic (exact) mass is 241 g/mol. The van der Waals surface area contributed by atoms with Gasteiger partial charge in [-0.2, -0.15) is 0 Å². The molecular weight excluding hydrogens is 222 g/mol. The van der Waals surface area contributed by atoms with Gasteiger partial charge in [-0.3, -0.25) is 0 Å². The predicted molar refractivity (Wildman–Crippen MR) is 69.2 cm³/mol. The van der Waals surface area contributed by atoms with Gasteiger partial charge in [-0.1, -0.05) is 18.5 Å². The lowest BCUT2D eigenvalue weighted by molar-refractivity contribution is 0.339. The third-order valence-electron chi connectivity index (χ3n) is 2.93. The summed E-state index contributed by atoms with van der Waals surface area (Å²) in [5, 5.41) is 0.632. The summed E-state index contributed by atoms with van der Waals surface area (Å²) in [6, 6.07) is 3.88. The van der Waals surface area contributed by atoms with Gasteiger partial charge in [-0.25, -0.2) is 0 Å². The van der Waals surface area contributed by atoms with Crippen molar-refractivity contribution in [2.75, 3.05) is 6.61 Å². The van der Waals surface area contributed by atoms with Crippen molar-refractivity contribution in [3.63, 3.8) is 0 Å². The maximum atomic E-state index is 6.23. The molecule has 0 bridgehead atoms. The first-order valence-corrected chi connectivity index (χ1v) is 6.02. The third kappa shape index (κ3) is 2.69. The Hall–Kier alpha value is -0.730. The molecule has 1 atom stereocenters. The third-order valence-corrected chi connectivity index (χ3v) is 3.22. The van der Waals surface area contributed by atoms with E-state index >= 15 is 0 Å². The lowest BCUT2D eigenvalue weighted by Crippen LogP contribution is -2.32. The number of hydrogen-bond acceptors (Lipinski definition) is 2. The summed E-state index contributed by atoms with van der Waals surface area (Å²) in [6.07, 6.45) is 0.873. The van der Waals surface area contributed by atoms with Crippen molar-refractivity contribution in [3.8, 4) is 5.75 Å². The molecular formula is C13H20ClNO. The van der Waals surface area contributed by atoms with Gasteiger partial charge in [0.15, 0.2) is 0 Å². The minimum absolute atomic E-state index is 0.335. The maximum Gasteiger partial charge on any atom is 0.138 e. The van der Waals surface area contributed by atoms with Crippen LogP contribution in [0.25, 0.3) is 0 Å². The number of hydrogen-bond donors (Lipinski definition) is 1. The highest BCUT2D eigenvalue weighted by atomic mass is 35.5. The van der Waals surface area contributed by atoms with E-state index in [1.54, 1.807) is 0 Å². The Morgan fingerprint density at radius 1 is 1.38 bits per heavy atom. The van der Waals surface area contributed by atoms with Crippen LogP contribution in [0.15, 0.2) is 12.1 Å². The molecule has 2 nitrogen and oxygen atoms in total. The number of rotatable bonds is 4. The molecule has 0 saturated heterocycles. The first-order valence-electron chi connectivity index (χ1n) is 5.64. The molecule has 1 aromatic carbocycles. The fourth-order valence-corrected chi connectivity index (χ4v) is 1.95. The second-order valence-electron chi connectivity index (χ2n) is 4.30. The smallest absolute Gasteiger partial charge is 0.138 e. The van der Waals surface area contributed by atoms with Crippen molar-refractivity contribution in [2.24, 2.45) is 5.73 Å². The summed E-state index contributed by atoms with van der Waals surface area (Å²) in [5.41, 5.74) is 8.11. The molecule has 0 saturated carbocycles. The Bertz CT molecular complexity index is 374. The number of aryl methyl sites for hydroxylation is 1. The van der Waals surface area contributed by atoms with E-state index < -0.39 is 0 Å². The van der Waals surface area contributed by atoms with Crippen molar-refractivity contribution >= 4 is 11.6 Å². The molecule has 0 amide bonds. The molecule has 0 aromatic heterocycles. The molecule has 0 radical (unpaired) electrons. The summed E-state index contributed by atoms with van der Waals surface area (Å²) in [4.78, 5) is 0. The number of ether oxygens (including phenoxy) is 1. The van der Waals surface area contributed by atoms with Crippen molar-refractivity contribution in [2.45, 2.75) is 39.7 Å². The van der Waals surface area contributed by atoms with Gasteiger partial charge in [0.25, 0.3) is 0 Å². The lowest BCUT2D eigenvalue weighted by atomic mass is 9.87. The van der Waals surface area contributed by atoms with Crippen molar-refractivity contribution in [1.82, 2.24) is 0 Å². The zero-order valence-electron chi connectivity index (χ0n) is 10.4. The van der Waals surface area contributed by atoms with E-state index in [0.717, 1.165) is 23.3 Å². The standard InChI is InChI=1S/C13H20ClNO/c1-5-13(4,15)10-8-11(14)12(16-6-2)7-9(10)3/h7-8H,5-6,15H2,1-4H3. The van der Waals surface area contributed by atoms with Crippen LogP contribution in [0.2, 0.25) is 5.02 Å². The van der Waals surface area contributed by atoms with Gasteiger partial charge in [0.2, 0.25) is 0 Å². The summed E-state index contributed by atoms with van der Waals surface area (Å²) in [5.74, 6) is 0.734. The second-order valence-corrected chi connectivity index (χ2v) is 4.71. The fourth-order valence-electron chi connectivity index (χ4n) is 1.73. The van der Waals surface area contributed by atoms with Crippen LogP contribution in [0.5, 0.6) is 5.75 Å². The molecule has 0 fully saturated rings. The van der Waals surface area contributed by atoms with Crippen LogP contribution in [0.3, 0.4) is 0 Å². The van der Waals surface area contributed by atoms with E-state index in [1.807, 2.05) is 32.9 Å². The lowest BCUT2D eigenvalue weighted by Gasteiger charge is -2.26. The van der Waals surface area contributed by atoms with Crippen LogP contribution in [-0.4, -0.2) is 6.61 Å². The first kappa shape index (κ1) is 13.3. The number of nitrogens with two attached hydrogens (primary N) is 1. The Morgan fingerprint density at radius 2 is 2.00 bits per heavy atom. The Kier molecular flexibility index (Phi) is 4.22. The van der Waals surface area contributed by atoms with E-state index in [0.29, 0.717) is 11.6 Å². The molecule has 0 aliphatic carbocycles. The zero-order valence-corrected chi connectivity index (χ0v) is 11.2. The van der Waals surface area contributed by atoms with Gasteiger partial charge >= 0.3 is 0 Å². The average molecular weight is 242 g/mol. The molecule has 90 valence electrons. The van der Waals surface area contributed by atoms with Crippen LogP contribution >= 0.6 is 11.6 Å². The van der Waals surface area contributed by atoms with E-state index in [9.17, 15) is 0 Å². The van der Waals surface area contributed by atoms with Crippen molar-refractivity contribution in [3.05, 3.63) is 28.3 Å². The van der Waals surface area contributed by atoms with Crippen LogP contribution in [0, 0.1) is 6.92 Å². The molecule has 0 heterocycles. The Labute approximate surface area is 103 Å². The van der Waals surface area contributed by atoms with Gasteiger partial charge in [-0.15, -0.1) is 0 Å². The average Bonchev–Trinajstić information content (AvgIpc) is 2.23. The molecule has 1 rings (SSSR count). The molecule has 0 spiro atoms. The summed E-state index contributed by atoms with van der Waals surface area (Å²) < 4.78 is 5.45. The summed E-state index contributed by atoms with van der Waals surface area (Å²) in [7, 11) is 0. The molecule has 3 heteroatoms. The number of halogens is 1. The summed E-state index contributed by atoms with van der Waals surface area (Å²) in [6.45, 7) is 8.69. The van der Waals surface area contributed by atoms with E-state index in [-0.39, 0.29) is 5.54 Å². The van der Waals surface area contributed by atoms with Gasteiger partial charge in [0.05, 0.1) is 11.6 Å². The molecule has 2 N–H and O–H groups in total. The highest BCUT2D eigenvalue weighted by Crippen LogP contribution is 2.33. The van der Waals surface area contributed by atoms with Crippen LogP contribution < -0.4 is 10.5 Å². The zero-order chi connectivity index (χ0) is 12.3. The molecule has 1 unspecified atom stereocenters. The highest BCUT2D eigenvalue weighted by molar-refractivity contribution is 6.32. The summed E-state index contributed by atoms with van der Waals surface area (Å²) >= 11 is 6.16. The Morgan fingerprint density at radius 3 is 2.50 bits per heavy atom. The van der Waals surface area contributed by atoms with Gasteiger partial charge in [0, 0.05) is 5.54 Å². The molecule has 1 aromatic rings. The van der Waals surface area contributed by atoms with Crippen molar-refractivity contribution in [1.29, 1.82) is 0 Å². The minimum atomic E-state index is -0.335. The van der Waals surface area contributed by atoms with Crippen molar-refractivity contribution < 1.29 is 4.74 Å². The second kappa shape index (κ2) is 5.07. The fraction of sp³-hybridized carbons (Fsp3) is 0.538. The largest absolute Gasteiger partial charge is 0.492 e. The SMILES string of the molecule is CCOc1cc(C)c(C(C)(N)CC)cc1Cl. The van der Waals surface area contributed by atoms with E-state index in [4.69, 9.17) is 22.1 Å². The Balaban J connectivity index is 3.20. The molecule has 0 aliphatic rings. The molecule has 0 aliphatic heterocycles. The number of benzene rings is 1. The topological polar surface area (TPSA) is 35.2 Å². The normalized spacial score (nSPS) is 14.6.